The van der Waals surface area contributed by atoms with Crippen LogP contribution in [0.5, 0.6) is 0 Å². The average molecular weight is 593 g/mol. The first kappa shape index (κ1) is 34.7. The number of aliphatic hydroxyl groups excluding tert-OH is 2. The minimum atomic E-state index is -0.623. The molecule has 0 bridgehead atoms. The van der Waals surface area contributed by atoms with Crippen molar-refractivity contribution in [1.29, 1.82) is 0 Å². The van der Waals surface area contributed by atoms with Gasteiger partial charge in [0.2, 0.25) is 0 Å². The van der Waals surface area contributed by atoms with Gasteiger partial charge < -0.3 is 29.2 Å². The molecule has 2 N–H and O–H groups in total. The lowest BCUT2D eigenvalue weighted by molar-refractivity contribution is -0.148. The molecule has 8 nitrogen and oxygen atoms in total. The zero-order valence-electron chi connectivity index (χ0n) is 24.4. The van der Waals surface area contributed by atoms with Crippen molar-refractivity contribution < 1.29 is 38.7 Å². The van der Waals surface area contributed by atoms with E-state index >= 15 is 0 Å². The normalized spacial score (nSPS) is 25.6. The number of methoxy groups -OCH3 is 1. The summed E-state index contributed by atoms with van der Waals surface area (Å²) in [6.45, 7) is 7.85. The zero-order chi connectivity index (χ0) is 28.7. The highest BCUT2D eigenvalue weighted by Gasteiger charge is 2.40. The van der Waals surface area contributed by atoms with Crippen molar-refractivity contribution in [3.8, 4) is 0 Å². The number of hydrogen-bond donors (Lipinski definition) is 2. The predicted octanol–water partition coefficient (Wildman–Crippen LogP) is 4.34. The van der Waals surface area contributed by atoms with Gasteiger partial charge in [-0.25, -0.2) is 0 Å². The minimum Gasteiger partial charge on any atom is -0.461 e. The van der Waals surface area contributed by atoms with Crippen LogP contribution < -0.4 is 0 Å². The quantitative estimate of drug-likeness (QED) is 0.176. The van der Waals surface area contributed by atoms with Gasteiger partial charge in [0.15, 0.2) is 0 Å². The molecule has 0 spiro atoms. The maximum Gasteiger partial charge on any atom is 0.316 e. The van der Waals surface area contributed by atoms with E-state index in [9.17, 15) is 19.8 Å². The highest BCUT2D eigenvalue weighted by molar-refractivity contribution is 8.00. The topological polar surface area (TPSA) is 112 Å². The molecule has 228 valence electrons. The second-order valence-corrected chi connectivity index (χ2v) is 13.9. The molecule has 2 atom stereocenters. The molecule has 2 aliphatic carbocycles. The van der Waals surface area contributed by atoms with E-state index in [4.69, 9.17) is 18.9 Å². The maximum absolute atomic E-state index is 11.9. The van der Waals surface area contributed by atoms with Gasteiger partial charge in [0, 0.05) is 18.6 Å². The molecule has 0 aliphatic heterocycles. The molecule has 0 radical (unpaired) electrons. The number of aliphatic hydroxyl groups is 2. The average Bonchev–Trinajstić information content (AvgIpc) is 2.90. The predicted molar refractivity (Wildman–Crippen MR) is 157 cm³/mol. The summed E-state index contributed by atoms with van der Waals surface area (Å²) in [7, 11) is 1.50. The monoisotopic (exact) mass is 592 g/mol. The van der Waals surface area contributed by atoms with Crippen molar-refractivity contribution in [2.45, 2.75) is 90.4 Å². The number of ether oxygens (including phenoxy) is 4. The van der Waals surface area contributed by atoms with E-state index in [1.807, 2.05) is 0 Å². The summed E-state index contributed by atoms with van der Waals surface area (Å²) in [4.78, 5) is 23.5. The molecule has 0 aromatic rings. The van der Waals surface area contributed by atoms with E-state index in [-0.39, 0.29) is 44.0 Å². The third-order valence-electron chi connectivity index (χ3n) is 8.35. The van der Waals surface area contributed by atoms with Crippen LogP contribution in [-0.2, 0) is 28.5 Å². The standard InChI is InChI=1S/C29H52O8S2/c1-21-5-7-22(8-6-21)29(2,3)23-9-11-26(12-10-23)37-16-25(31)18-39-20-28(33)36-14-13-35-27(32)19-38-17-24(30)15-34-4/h21-26,30-31H,5-20H2,1-4H3. The summed E-state index contributed by atoms with van der Waals surface area (Å²) < 4.78 is 20.9. The van der Waals surface area contributed by atoms with Crippen LogP contribution in [0.2, 0.25) is 0 Å². The molecule has 2 fully saturated rings. The second kappa shape index (κ2) is 18.8. The molecule has 0 aromatic carbocycles. The lowest BCUT2D eigenvalue weighted by Crippen LogP contribution is -2.38. The molecule has 2 unspecified atom stereocenters. The van der Waals surface area contributed by atoms with Gasteiger partial charge >= 0.3 is 11.9 Å². The van der Waals surface area contributed by atoms with Crippen molar-refractivity contribution in [2.75, 3.05) is 56.5 Å². The third kappa shape index (κ3) is 13.8. The van der Waals surface area contributed by atoms with Crippen LogP contribution in [0.4, 0.5) is 0 Å². The van der Waals surface area contributed by atoms with Gasteiger partial charge in [-0.3, -0.25) is 9.59 Å². The van der Waals surface area contributed by atoms with E-state index in [0.717, 1.165) is 30.6 Å². The van der Waals surface area contributed by atoms with E-state index in [1.54, 1.807) is 0 Å². The first-order valence-electron chi connectivity index (χ1n) is 14.5. The van der Waals surface area contributed by atoms with E-state index in [1.165, 1.54) is 69.2 Å². The Hall–Kier alpha value is -0.520. The summed E-state index contributed by atoms with van der Waals surface area (Å²) in [6, 6.07) is 0. The molecule has 0 amide bonds. The van der Waals surface area contributed by atoms with Crippen LogP contribution in [-0.4, -0.2) is 97.0 Å². The summed E-state index contributed by atoms with van der Waals surface area (Å²) >= 11 is 2.57. The van der Waals surface area contributed by atoms with Crippen LogP contribution >= 0.6 is 23.5 Å². The van der Waals surface area contributed by atoms with Crippen molar-refractivity contribution in [3.05, 3.63) is 0 Å². The van der Waals surface area contributed by atoms with Crippen LogP contribution in [0.3, 0.4) is 0 Å². The van der Waals surface area contributed by atoms with Gasteiger partial charge in [0.25, 0.3) is 0 Å². The van der Waals surface area contributed by atoms with Gasteiger partial charge in [0.1, 0.15) is 13.2 Å². The molecule has 2 saturated carbocycles. The van der Waals surface area contributed by atoms with E-state index < -0.39 is 24.1 Å². The van der Waals surface area contributed by atoms with Gasteiger partial charge in [-0.15, -0.1) is 23.5 Å². The van der Waals surface area contributed by atoms with Crippen LogP contribution in [0.1, 0.15) is 72.1 Å². The Morgan fingerprint density at radius 1 is 0.795 bits per heavy atom. The summed E-state index contributed by atoms with van der Waals surface area (Å²) in [6.07, 6.45) is 8.98. The van der Waals surface area contributed by atoms with Crippen LogP contribution in [0.25, 0.3) is 0 Å². The van der Waals surface area contributed by atoms with E-state index in [2.05, 4.69) is 20.8 Å². The first-order chi connectivity index (χ1) is 18.6. The van der Waals surface area contributed by atoms with Crippen molar-refractivity contribution in [1.82, 2.24) is 0 Å². The highest BCUT2D eigenvalue weighted by atomic mass is 32.2. The number of rotatable bonds is 18. The highest BCUT2D eigenvalue weighted by Crippen LogP contribution is 2.49. The largest absolute Gasteiger partial charge is 0.461 e. The zero-order valence-corrected chi connectivity index (χ0v) is 26.1. The molecule has 39 heavy (non-hydrogen) atoms. The van der Waals surface area contributed by atoms with Crippen molar-refractivity contribution >= 4 is 35.5 Å². The van der Waals surface area contributed by atoms with Crippen molar-refractivity contribution in [2.24, 2.45) is 23.2 Å². The number of esters is 2. The molecule has 0 saturated heterocycles. The number of carbonyl (C=O) groups excluding carboxylic acids is 2. The SMILES string of the molecule is COCC(O)CSCC(=O)OCCOC(=O)CSCC(O)COC1CCC(C(C)(C)C2CCC(C)CC2)CC1. The molecule has 2 aliphatic rings. The fourth-order valence-electron chi connectivity index (χ4n) is 5.80. The van der Waals surface area contributed by atoms with Gasteiger partial charge in [0.05, 0.1) is 43.0 Å². The fourth-order valence-corrected chi connectivity index (χ4v) is 7.27. The lowest BCUT2D eigenvalue weighted by Gasteiger charge is -2.46. The second-order valence-electron chi connectivity index (χ2n) is 11.8. The third-order valence-corrected chi connectivity index (χ3v) is 10.5. The molecule has 2 rings (SSSR count). The molecule has 0 heterocycles. The van der Waals surface area contributed by atoms with E-state index in [0.29, 0.717) is 16.9 Å². The minimum absolute atomic E-state index is 0.00683. The lowest BCUT2D eigenvalue weighted by atomic mass is 9.60. The maximum atomic E-state index is 11.9. The number of hydrogen-bond acceptors (Lipinski definition) is 10. The molecular formula is C29H52O8S2. The Labute approximate surface area is 244 Å². The van der Waals surface area contributed by atoms with Crippen molar-refractivity contribution in [3.63, 3.8) is 0 Å². The Balaban J connectivity index is 1.47. The fraction of sp³-hybridized carbons (Fsp3) is 0.931. The molecule has 0 aromatic heterocycles. The number of thioether (sulfide) groups is 2. The molecule has 10 heteroatoms. The summed E-state index contributed by atoms with van der Waals surface area (Å²) in [5, 5.41) is 19.8. The van der Waals surface area contributed by atoms with Crippen LogP contribution in [0, 0.1) is 23.2 Å². The van der Waals surface area contributed by atoms with Gasteiger partial charge in [-0.1, -0.05) is 33.6 Å². The Morgan fingerprint density at radius 3 is 1.74 bits per heavy atom. The molecular weight excluding hydrogens is 540 g/mol. The van der Waals surface area contributed by atoms with Gasteiger partial charge in [-0.05, 0) is 61.7 Å². The summed E-state index contributed by atoms with van der Waals surface area (Å²) in [5.74, 6) is 2.67. The Bertz CT molecular complexity index is 691. The smallest absolute Gasteiger partial charge is 0.316 e. The Morgan fingerprint density at radius 2 is 1.26 bits per heavy atom. The first-order valence-corrected chi connectivity index (χ1v) is 16.9. The van der Waals surface area contributed by atoms with Crippen LogP contribution in [0.15, 0.2) is 0 Å². The van der Waals surface area contributed by atoms with Gasteiger partial charge in [-0.2, -0.15) is 0 Å². The summed E-state index contributed by atoms with van der Waals surface area (Å²) in [5.41, 5.74) is 0.394. The Kier molecular flexibility index (Phi) is 16.7. The number of carbonyl (C=O) groups is 2.